The molecule has 2 heterocycles. The number of carbonyl (C=O) groups is 2. The fraction of sp³-hybridized carbons (Fsp3) is 0.750. The first kappa shape index (κ1) is 27.4. The molecule has 0 saturated carbocycles. The molecular weight excluding hydrogens is 483 g/mol. The average molecular weight is 517 g/mol. The van der Waals surface area contributed by atoms with Gasteiger partial charge < -0.3 is 9.47 Å². The number of hydroxylamine groups is 4. The largest absolute Gasteiger partial charge is 0.484 e. The molecule has 0 atom stereocenters. The summed E-state index contributed by atoms with van der Waals surface area (Å²) in [5.74, 6) is -2.11. The van der Waals surface area contributed by atoms with E-state index in [-0.39, 0.29) is 11.5 Å². The summed E-state index contributed by atoms with van der Waals surface area (Å²) >= 11 is 12.4. The Morgan fingerprint density at radius 3 is 1.15 bits per heavy atom. The lowest BCUT2D eigenvalue weighted by molar-refractivity contribution is -0.299. The maximum atomic E-state index is 13.4. The number of halogens is 2. The smallest absolute Gasteiger partial charge is 0.265 e. The quantitative estimate of drug-likeness (QED) is 0.497. The molecule has 8 nitrogen and oxygen atoms in total. The summed E-state index contributed by atoms with van der Waals surface area (Å²) in [7, 11) is 0. The Balaban J connectivity index is 1.85. The third kappa shape index (κ3) is 4.90. The highest BCUT2D eigenvalue weighted by atomic mass is 35.5. The van der Waals surface area contributed by atoms with Crippen molar-refractivity contribution in [3.05, 3.63) is 21.6 Å². The minimum atomic E-state index is -0.757. The number of nitrogens with zero attached hydrogens (tertiary/aromatic N) is 2. The van der Waals surface area contributed by atoms with E-state index in [9.17, 15) is 20.0 Å². The summed E-state index contributed by atoms with van der Waals surface area (Å²) in [4.78, 5) is 26.2. The van der Waals surface area contributed by atoms with Gasteiger partial charge in [0.2, 0.25) is 5.78 Å². The van der Waals surface area contributed by atoms with E-state index in [1.54, 1.807) is 55.4 Å². The number of carbonyl (C=O) groups excluding carboxylic acids is 2. The molecule has 3 aliphatic rings. The maximum absolute atomic E-state index is 13.4. The van der Waals surface area contributed by atoms with Crippen LogP contribution in [0.2, 0.25) is 0 Å². The Bertz CT molecular complexity index is 845. The normalized spacial score (nSPS) is 28.5. The highest BCUT2D eigenvalue weighted by molar-refractivity contribution is 6.58. The number of hydrogen-bond donors (Lipinski definition) is 0. The second-order valence-corrected chi connectivity index (χ2v) is 12.8. The van der Waals surface area contributed by atoms with Crippen molar-refractivity contribution in [2.24, 2.45) is 0 Å². The summed E-state index contributed by atoms with van der Waals surface area (Å²) in [5.41, 5.74) is -2.95. The molecule has 0 amide bonds. The number of ketones is 2. The molecule has 2 radical (unpaired) electrons. The van der Waals surface area contributed by atoms with Crippen LogP contribution in [0, 0.1) is 0 Å². The molecule has 0 bridgehead atoms. The maximum Gasteiger partial charge on any atom is 0.265 e. The molecular formula is C24H34Cl2N2O6. The van der Waals surface area contributed by atoms with Crippen LogP contribution in [0.25, 0.3) is 0 Å². The summed E-state index contributed by atoms with van der Waals surface area (Å²) in [6.45, 7) is 14.4. The number of rotatable bonds is 4. The van der Waals surface area contributed by atoms with Gasteiger partial charge in [0.15, 0.2) is 11.5 Å². The van der Waals surface area contributed by atoms with Crippen molar-refractivity contribution >= 4 is 34.8 Å². The van der Waals surface area contributed by atoms with E-state index < -0.39 is 56.0 Å². The summed E-state index contributed by atoms with van der Waals surface area (Å²) in [5, 5.41) is 26.6. The Labute approximate surface area is 211 Å². The molecule has 190 valence electrons. The van der Waals surface area contributed by atoms with Gasteiger partial charge in [0.25, 0.3) is 5.78 Å². The Hall–Kier alpha value is -1.16. The van der Waals surface area contributed by atoms with Gasteiger partial charge in [-0.15, -0.1) is 20.5 Å². The van der Waals surface area contributed by atoms with Crippen molar-refractivity contribution in [3.63, 3.8) is 0 Å². The number of ether oxygens (including phenoxy) is 2. The zero-order valence-electron chi connectivity index (χ0n) is 21.1. The third-order valence-electron chi connectivity index (χ3n) is 6.89. The minimum absolute atomic E-state index is 0.318. The molecule has 3 rings (SSSR count). The molecule has 2 saturated heterocycles. The van der Waals surface area contributed by atoms with Gasteiger partial charge in [0.1, 0.15) is 22.3 Å². The van der Waals surface area contributed by atoms with Crippen molar-refractivity contribution in [1.29, 1.82) is 0 Å². The SMILES string of the molecule is CC1(C)CC(OC2=C(Cl)C(=O)C(Cl)=C(OC3CC(C)(C)N([O])C(C)(C)C3)C2=O)CC(C)(C)N1[O]. The lowest BCUT2D eigenvalue weighted by Gasteiger charge is -2.50. The molecule has 2 fully saturated rings. The van der Waals surface area contributed by atoms with Crippen LogP contribution < -0.4 is 0 Å². The summed E-state index contributed by atoms with van der Waals surface area (Å²) < 4.78 is 12.0. The van der Waals surface area contributed by atoms with Crippen LogP contribution in [-0.4, -0.2) is 56.1 Å². The van der Waals surface area contributed by atoms with Crippen LogP contribution in [0.1, 0.15) is 81.1 Å². The lowest BCUT2D eigenvalue weighted by Crippen LogP contribution is -2.60. The van der Waals surface area contributed by atoms with E-state index in [1.165, 1.54) is 0 Å². The number of piperidine rings is 2. The number of Topliss-reactive ketones (excluding diaryl/α,β-unsaturated/α-hetero) is 2. The second-order valence-electron chi connectivity index (χ2n) is 12.1. The van der Waals surface area contributed by atoms with Gasteiger partial charge in [0.05, 0.1) is 0 Å². The topological polar surface area (TPSA) is 98.9 Å². The van der Waals surface area contributed by atoms with Gasteiger partial charge >= 0.3 is 0 Å². The van der Waals surface area contributed by atoms with Crippen LogP contribution in [0.15, 0.2) is 21.6 Å². The average Bonchev–Trinajstić information content (AvgIpc) is 2.68. The summed E-state index contributed by atoms with van der Waals surface area (Å²) in [6, 6.07) is 0. The molecule has 0 spiro atoms. The molecule has 1 aliphatic carbocycles. The van der Waals surface area contributed by atoms with Crippen molar-refractivity contribution in [2.45, 2.75) is 115 Å². The predicted molar refractivity (Wildman–Crippen MR) is 125 cm³/mol. The lowest BCUT2D eigenvalue weighted by atomic mass is 9.80. The van der Waals surface area contributed by atoms with Gasteiger partial charge in [-0.2, -0.15) is 0 Å². The molecule has 0 aromatic rings. The first-order chi connectivity index (χ1) is 15.3. The fourth-order valence-electron chi connectivity index (χ4n) is 5.66. The van der Waals surface area contributed by atoms with Gasteiger partial charge in [-0.3, -0.25) is 9.59 Å². The van der Waals surface area contributed by atoms with Gasteiger partial charge in [-0.25, -0.2) is 0 Å². The second kappa shape index (κ2) is 8.75. The van der Waals surface area contributed by atoms with E-state index in [4.69, 9.17) is 32.7 Å². The van der Waals surface area contributed by atoms with Crippen molar-refractivity contribution < 1.29 is 29.5 Å². The van der Waals surface area contributed by atoms with Crippen LogP contribution in [0.3, 0.4) is 0 Å². The van der Waals surface area contributed by atoms with Gasteiger partial charge in [0, 0.05) is 47.8 Å². The van der Waals surface area contributed by atoms with Crippen LogP contribution in [0.4, 0.5) is 0 Å². The van der Waals surface area contributed by atoms with Gasteiger partial charge in [-0.1, -0.05) is 23.2 Å². The van der Waals surface area contributed by atoms with Gasteiger partial charge in [-0.05, 0) is 55.4 Å². The van der Waals surface area contributed by atoms with Crippen molar-refractivity contribution in [2.75, 3.05) is 0 Å². The number of hydrogen-bond acceptors (Lipinski definition) is 6. The van der Waals surface area contributed by atoms with E-state index in [2.05, 4.69) is 0 Å². The van der Waals surface area contributed by atoms with Crippen LogP contribution >= 0.6 is 23.2 Å². The molecule has 2 aliphatic heterocycles. The summed E-state index contributed by atoms with van der Waals surface area (Å²) in [6.07, 6.45) is 0.325. The van der Waals surface area contributed by atoms with Crippen molar-refractivity contribution in [3.8, 4) is 0 Å². The standard InChI is InChI=1S/C24H34Cl2N2O6/c1-21(2)9-13(10-22(3,4)27(21)31)33-19-15(25)17(29)16(26)20(18(19)30)34-14-11-23(5,6)28(32)24(7,8)12-14/h13-14H,9-12H2,1-8H3. The molecule has 0 unspecified atom stereocenters. The van der Waals surface area contributed by atoms with Crippen molar-refractivity contribution in [1.82, 2.24) is 10.1 Å². The van der Waals surface area contributed by atoms with E-state index in [0.717, 1.165) is 10.1 Å². The third-order valence-corrected chi connectivity index (χ3v) is 7.57. The molecule has 10 heteroatoms. The molecule has 0 aromatic heterocycles. The van der Waals surface area contributed by atoms with Crippen LogP contribution in [0.5, 0.6) is 0 Å². The zero-order valence-corrected chi connectivity index (χ0v) is 22.6. The zero-order chi connectivity index (χ0) is 26.0. The molecule has 34 heavy (non-hydrogen) atoms. The molecule has 0 aromatic carbocycles. The minimum Gasteiger partial charge on any atom is -0.484 e. The van der Waals surface area contributed by atoms with E-state index in [1.807, 2.05) is 0 Å². The Morgan fingerprint density at radius 1 is 0.618 bits per heavy atom. The van der Waals surface area contributed by atoms with E-state index in [0.29, 0.717) is 25.7 Å². The first-order valence-corrected chi connectivity index (χ1v) is 12.2. The Morgan fingerprint density at radius 2 is 0.882 bits per heavy atom. The monoisotopic (exact) mass is 516 g/mol. The van der Waals surface area contributed by atoms with E-state index >= 15 is 0 Å². The fourth-order valence-corrected chi connectivity index (χ4v) is 6.16. The Kier molecular flexibility index (Phi) is 7.06. The highest BCUT2D eigenvalue weighted by Gasteiger charge is 2.50. The predicted octanol–water partition coefficient (Wildman–Crippen LogP) is 4.81. The number of allylic oxidation sites excluding steroid dienone is 2. The first-order valence-electron chi connectivity index (χ1n) is 11.5. The highest BCUT2D eigenvalue weighted by Crippen LogP contribution is 2.43. The van der Waals surface area contributed by atoms with Crippen LogP contribution in [-0.2, 0) is 29.5 Å². The molecule has 0 N–H and O–H groups in total.